The van der Waals surface area contributed by atoms with Crippen LogP contribution in [0.25, 0.3) is 5.69 Å². The van der Waals surface area contributed by atoms with Crippen molar-refractivity contribution in [1.82, 2.24) is 9.78 Å². The van der Waals surface area contributed by atoms with E-state index in [9.17, 15) is 9.82 Å². The molecule has 0 amide bonds. The number of halogens is 1. The highest BCUT2D eigenvalue weighted by Crippen LogP contribution is 2.30. The zero-order valence-electron chi connectivity index (χ0n) is 15.0. The summed E-state index contributed by atoms with van der Waals surface area (Å²) in [6.07, 6.45) is 3.69. The summed E-state index contributed by atoms with van der Waals surface area (Å²) in [6.45, 7) is 3.82. The van der Waals surface area contributed by atoms with Gasteiger partial charge in [0.05, 0.1) is 16.3 Å². The Morgan fingerprint density at radius 3 is 2.81 bits per heavy atom. The Morgan fingerprint density at radius 2 is 2.11 bits per heavy atom. The van der Waals surface area contributed by atoms with Gasteiger partial charge in [-0.1, -0.05) is 29.8 Å². The van der Waals surface area contributed by atoms with Crippen LogP contribution in [0.1, 0.15) is 35.3 Å². The Hall–Kier alpha value is -2.41. The van der Waals surface area contributed by atoms with E-state index >= 15 is 0 Å². The van der Waals surface area contributed by atoms with Gasteiger partial charge in [-0.15, -0.1) is 0 Å². The molecule has 0 saturated carbocycles. The van der Waals surface area contributed by atoms with Gasteiger partial charge in [0.1, 0.15) is 0 Å². The van der Waals surface area contributed by atoms with E-state index in [0.29, 0.717) is 16.0 Å². The lowest BCUT2D eigenvalue weighted by molar-refractivity contribution is 0.0991. The molecule has 1 aliphatic rings. The van der Waals surface area contributed by atoms with Crippen molar-refractivity contribution in [2.45, 2.75) is 25.9 Å². The molecule has 0 saturated heterocycles. The predicted octanol–water partition coefficient (Wildman–Crippen LogP) is 2.90. The number of nitrogens with zero attached hydrogens (tertiary/aromatic N) is 2. The molecule has 2 aromatic carbocycles. The van der Waals surface area contributed by atoms with Crippen LogP contribution in [-0.2, 0) is 16.7 Å². The minimum Gasteiger partial charge on any atom is -0.423 e. The minimum atomic E-state index is -0.970. The fourth-order valence-electron chi connectivity index (χ4n) is 3.46. The van der Waals surface area contributed by atoms with Crippen LogP contribution in [0.4, 0.5) is 0 Å². The molecule has 7 heteroatoms. The number of ketones is 1. The fraction of sp³-hybridized carbons (Fsp3) is 0.200. The van der Waals surface area contributed by atoms with Gasteiger partial charge in [0.2, 0.25) is 0 Å². The van der Waals surface area contributed by atoms with E-state index in [1.54, 1.807) is 23.0 Å². The van der Waals surface area contributed by atoms with Gasteiger partial charge in [0, 0.05) is 24.4 Å². The monoisotopic (exact) mass is 380 g/mol. The topological polar surface area (TPSA) is 64.3 Å². The number of carbonyl (C=O) groups excluding carboxylic acids is 1. The number of aromatic nitrogens is 2. The van der Waals surface area contributed by atoms with Crippen molar-refractivity contribution in [3.8, 4) is 5.69 Å². The van der Waals surface area contributed by atoms with E-state index in [2.05, 4.69) is 5.10 Å². The van der Waals surface area contributed by atoms with Gasteiger partial charge in [-0.2, -0.15) is 5.10 Å². The van der Waals surface area contributed by atoms with Crippen LogP contribution < -0.4 is 5.46 Å². The van der Waals surface area contributed by atoms with Crippen LogP contribution in [-0.4, -0.2) is 27.7 Å². The van der Waals surface area contributed by atoms with Crippen LogP contribution in [0.2, 0.25) is 5.02 Å². The first-order valence-electron chi connectivity index (χ1n) is 8.67. The smallest absolute Gasteiger partial charge is 0.423 e. The van der Waals surface area contributed by atoms with Crippen LogP contribution in [0.3, 0.4) is 0 Å². The number of Topliss-reactive ketones (excluding diaryl/α,β-unsaturated/α-hetero) is 1. The first-order valence-corrected chi connectivity index (χ1v) is 9.05. The average molecular weight is 381 g/mol. The largest absolute Gasteiger partial charge is 0.492 e. The van der Waals surface area contributed by atoms with Gasteiger partial charge < -0.3 is 9.68 Å². The van der Waals surface area contributed by atoms with Crippen molar-refractivity contribution < 1.29 is 14.5 Å². The Kier molecular flexibility index (Phi) is 4.42. The average Bonchev–Trinajstić information content (AvgIpc) is 3.22. The van der Waals surface area contributed by atoms with E-state index in [1.807, 2.05) is 50.4 Å². The number of hydrogen-bond donors (Lipinski definition) is 1. The molecule has 0 spiro atoms. The second-order valence-corrected chi connectivity index (χ2v) is 7.52. The van der Waals surface area contributed by atoms with Crippen molar-refractivity contribution in [2.75, 3.05) is 0 Å². The molecule has 1 aliphatic heterocycles. The Balaban J connectivity index is 1.57. The van der Waals surface area contributed by atoms with Gasteiger partial charge in [0.25, 0.3) is 0 Å². The second kappa shape index (κ2) is 6.64. The molecule has 4 rings (SSSR count). The van der Waals surface area contributed by atoms with Crippen molar-refractivity contribution in [1.29, 1.82) is 0 Å². The molecule has 0 aliphatic carbocycles. The molecule has 0 radical (unpaired) electrons. The summed E-state index contributed by atoms with van der Waals surface area (Å²) >= 11 is 6.34. The molecule has 5 nitrogen and oxygen atoms in total. The molecule has 0 bridgehead atoms. The van der Waals surface area contributed by atoms with Crippen molar-refractivity contribution in [2.24, 2.45) is 0 Å². The highest BCUT2D eigenvalue weighted by Gasteiger charge is 2.40. The summed E-state index contributed by atoms with van der Waals surface area (Å²) in [5.74, 6) is -0.0837. The molecule has 27 heavy (non-hydrogen) atoms. The number of benzene rings is 2. The molecule has 0 atom stereocenters. The Bertz CT molecular complexity index is 1020. The summed E-state index contributed by atoms with van der Waals surface area (Å²) in [5.41, 5.74) is 3.18. The lowest BCUT2D eigenvalue weighted by Crippen LogP contribution is -2.29. The van der Waals surface area contributed by atoms with Crippen LogP contribution in [0.15, 0.2) is 54.9 Å². The van der Waals surface area contributed by atoms with E-state index in [1.165, 1.54) is 0 Å². The van der Waals surface area contributed by atoms with Gasteiger partial charge in [-0.05, 0) is 54.7 Å². The fourth-order valence-corrected chi connectivity index (χ4v) is 3.74. The van der Waals surface area contributed by atoms with E-state index in [0.717, 1.165) is 16.8 Å². The number of hydrogen-bond acceptors (Lipinski definition) is 4. The van der Waals surface area contributed by atoms with E-state index < -0.39 is 12.7 Å². The van der Waals surface area contributed by atoms with Crippen molar-refractivity contribution >= 4 is 30.0 Å². The summed E-state index contributed by atoms with van der Waals surface area (Å²) in [7, 11) is -0.970. The van der Waals surface area contributed by atoms with Gasteiger partial charge in [-0.25, -0.2) is 4.68 Å². The molecular formula is C20H18BClN2O3. The van der Waals surface area contributed by atoms with Crippen molar-refractivity contribution in [3.63, 3.8) is 0 Å². The maximum atomic E-state index is 12.7. The molecule has 0 fully saturated rings. The molecule has 2 heterocycles. The summed E-state index contributed by atoms with van der Waals surface area (Å²) < 4.78 is 7.26. The highest BCUT2D eigenvalue weighted by atomic mass is 35.5. The third-order valence-electron chi connectivity index (χ3n) is 4.82. The Labute approximate surface area is 162 Å². The number of carbonyl (C=O) groups is 1. The molecule has 1 N–H and O–H groups in total. The first kappa shape index (κ1) is 18.0. The first-order chi connectivity index (χ1) is 12.8. The van der Waals surface area contributed by atoms with Crippen LogP contribution >= 0.6 is 11.6 Å². The number of rotatable bonds is 4. The van der Waals surface area contributed by atoms with Gasteiger partial charge in [-0.3, -0.25) is 4.79 Å². The molecule has 3 aromatic rings. The second-order valence-electron chi connectivity index (χ2n) is 7.12. The van der Waals surface area contributed by atoms with Crippen LogP contribution in [0.5, 0.6) is 0 Å². The quantitative estimate of drug-likeness (QED) is 0.558. The van der Waals surface area contributed by atoms with Gasteiger partial charge in [0.15, 0.2) is 5.78 Å². The Morgan fingerprint density at radius 1 is 1.30 bits per heavy atom. The standard InChI is InChI=1S/C20H18BClN2O3/c1-20(2)16-7-4-13(10-17(16)21(26)27-20)11-19(25)15-6-5-14(12-18(15)22)24-9-3-8-23-24/h3-10,12,26H,11H2,1-2H3. The predicted molar refractivity (Wildman–Crippen MR) is 105 cm³/mol. The maximum absolute atomic E-state index is 12.7. The zero-order valence-corrected chi connectivity index (χ0v) is 15.8. The lowest BCUT2D eigenvalue weighted by atomic mass is 9.77. The third-order valence-corrected chi connectivity index (χ3v) is 5.14. The summed E-state index contributed by atoms with van der Waals surface area (Å²) in [4.78, 5) is 12.7. The molecular weight excluding hydrogens is 362 g/mol. The van der Waals surface area contributed by atoms with Crippen molar-refractivity contribution in [3.05, 3.63) is 76.6 Å². The summed E-state index contributed by atoms with van der Waals surface area (Å²) in [5, 5.41) is 14.7. The number of fused-ring (bicyclic) bond motifs is 1. The zero-order chi connectivity index (χ0) is 19.2. The maximum Gasteiger partial charge on any atom is 0.492 e. The van der Waals surface area contributed by atoms with Crippen LogP contribution in [0, 0.1) is 0 Å². The van der Waals surface area contributed by atoms with Gasteiger partial charge >= 0.3 is 7.12 Å². The minimum absolute atomic E-state index is 0.0837. The molecule has 136 valence electrons. The third kappa shape index (κ3) is 3.32. The lowest BCUT2D eigenvalue weighted by Gasteiger charge is -2.19. The summed E-state index contributed by atoms with van der Waals surface area (Å²) in [6, 6.07) is 12.7. The highest BCUT2D eigenvalue weighted by molar-refractivity contribution is 6.62. The molecule has 0 unspecified atom stereocenters. The SMILES string of the molecule is CC1(C)OB(O)c2cc(CC(=O)c3ccc(-n4cccn4)cc3Cl)ccc21. The normalized spacial score (nSPS) is 15.0. The molecule has 1 aromatic heterocycles. The van der Waals surface area contributed by atoms with E-state index in [4.69, 9.17) is 16.3 Å². The van der Waals surface area contributed by atoms with E-state index in [-0.39, 0.29) is 12.2 Å².